The molecule has 0 spiro atoms. The van der Waals surface area contributed by atoms with E-state index in [1.54, 1.807) is 20.8 Å². The summed E-state index contributed by atoms with van der Waals surface area (Å²) in [7, 11) is 0. The molecule has 2 atom stereocenters. The van der Waals surface area contributed by atoms with Gasteiger partial charge >= 0.3 is 12.1 Å². The van der Waals surface area contributed by atoms with Crippen LogP contribution in [0.3, 0.4) is 0 Å². The Kier molecular flexibility index (Phi) is 7.18. The monoisotopic (exact) mass is 438 g/mol. The molecule has 3 rings (SSSR count). The number of carbonyl (C=O) groups is 3. The van der Waals surface area contributed by atoms with Gasteiger partial charge in [-0.1, -0.05) is 60.7 Å². The van der Waals surface area contributed by atoms with E-state index >= 15 is 0 Å². The van der Waals surface area contributed by atoms with Gasteiger partial charge in [0.15, 0.2) is 0 Å². The van der Waals surface area contributed by atoms with Crippen LogP contribution >= 0.6 is 0 Å². The molecule has 0 bridgehead atoms. The van der Waals surface area contributed by atoms with E-state index in [4.69, 9.17) is 4.74 Å². The Hall–Kier alpha value is -3.35. The van der Waals surface area contributed by atoms with E-state index in [9.17, 15) is 19.5 Å². The molecule has 32 heavy (non-hydrogen) atoms. The molecule has 2 N–H and O–H groups in total. The Balaban J connectivity index is 2.05. The highest BCUT2D eigenvalue weighted by atomic mass is 16.6. The molecule has 0 aliphatic carbocycles. The standard InChI is InChI=1S/C25H30N2O5/c1-25(2,3)32-24(31)26-21(22(28)27-16-10-15-19(27)23(29)30)20(17-11-6-4-7-12-17)18-13-8-5-9-14-18/h4-9,11-14,19-21H,10,15-16H2,1-3H3,(H,26,31)(H,29,30)/t19?,21-/m1/s1. The van der Waals surface area contributed by atoms with Crippen LogP contribution in [0.1, 0.15) is 50.7 Å². The molecule has 2 amide bonds. The van der Waals surface area contributed by atoms with E-state index in [1.165, 1.54) is 4.90 Å². The normalized spacial score (nSPS) is 17.1. The van der Waals surface area contributed by atoms with Crippen LogP contribution in [-0.4, -0.2) is 52.2 Å². The van der Waals surface area contributed by atoms with Crippen molar-refractivity contribution in [3.63, 3.8) is 0 Å². The van der Waals surface area contributed by atoms with Crippen molar-refractivity contribution in [2.75, 3.05) is 6.54 Å². The lowest BCUT2D eigenvalue weighted by molar-refractivity contribution is -0.149. The third-order valence-electron chi connectivity index (χ3n) is 5.41. The molecule has 2 aromatic carbocycles. The van der Waals surface area contributed by atoms with Crippen LogP contribution in [0.5, 0.6) is 0 Å². The number of alkyl carbamates (subject to hydrolysis) is 1. The molecule has 1 aliphatic heterocycles. The van der Waals surface area contributed by atoms with E-state index in [1.807, 2.05) is 60.7 Å². The average Bonchev–Trinajstić information content (AvgIpc) is 3.23. The van der Waals surface area contributed by atoms with Gasteiger partial charge in [-0.3, -0.25) is 4.79 Å². The zero-order chi connectivity index (χ0) is 23.3. The van der Waals surface area contributed by atoms with Gasteiger partial charge in [-0.25, -0.2) is 9.59 Å². The lowest BCUT2D eigenvalue weighted by atomic mass is 9.84. The second kappa shape index (κ2) is 9.85. The summed E-state index contributed by atoms with van der Waals surface area (Å²) < 4.78 is 5.44. The van der Waals surface area contributed by atoms with Gasteiger partial charge in [0.1, 0.15) is 17.7 Å². The van der Waals surface area contributed by atoms with E-state index in [2.05, 4.69) is 5.32 Å². The maximum Gasteiger partial charge on any atom is 0.408 e. The second-order valence-electron chi connectivity index (χ2n) is 8.95. The fourth-order valence-electron chi connectivity index (χ4n) is 4.09. The number of hydrogen-bond acceptors (Lipinski definition) is 4. The summed E-state index contributed by atoms with van der Waals surface area (Å²) in [5.74, 6) is -1.99. The molecule has 0 aromatic heterocycles. The molecule has 1 unspecified atom stereocenters. The molecule has 170 valence electrons. The molecule has 1 aliphatic rings. The number of aliphatic carboxylic acids is 1. The Labute approximate surface area is 188 Å². The number of carbonyl (C=O) groups excluding carboxylic acids is 2. The topological polar surface area (TPSA) is 95.9 Å². The number of nitrogens with zero attached hydrogens (tertiary/aromatic N) is 1. The van der Waals surface area contributed by atoms with Crippen molar-refractivity contribution >= 4 is 18.0 Å². The molecule has 1 fully saturated rings. The SMILES string of the molecule is CC(C)(C)OC(=O)N[C@@H](C(=O)N1CCCC1C(=O)O)C(c1ccccc1)c1ccccc1. The largest absolute Gasteiger partial charge is 0.480 e. The smallest absolute Gasteiger partial charge is 0.408 e. The minimum absolute atomic E-state index is 0.332. The lowest BCUT2D eigenvalue weighted by Crippen LogP contribution is -2.54. The first kappa shape index (κ1) is 23.3. The molecule has 7 heteroatoms. The second-order valence-corrected chi connectivity index (χ2v) is 8.95. The van der Waals surface area contributed by atoms with Gasteiger partial charge in [0.25, 0.3) is 0 Å². The van der Waals surface area contributed by atoms with E-state index in [0.717, 1.165) is 11.1 Å². The predicted octanol–water partition coefficient (Wildman–Crippen LogP) is 3.79. The number of carboxylic acid groups (broad SMARTS) is 1. The van der Waals surface area contributed by atoms with Crippen molar-refractivity contribution in [2.45, 2.75) is 57.2 Å². The highest BCUT2D eigenvalue weighted by Crippen LogP contribution is 2.31. The Morgan fingerprint density at radius 1 is 1.00 bits per heavy atom. The summed E-state index contributed by atoms with van der Waals surface area (Å²) in [6, 6.07) is 16.9. The van der Waals surface area contributed by atoms with E-state index in [-0.39, 0.29) is 0 Å². The quantitative estimate of drug-likeness (QED) is 0.715. The number of ether oxygens (including phenoxy) is 1. The molecule has 1 heterocycles. The Morgan fingerprint density at radius 3 is 2.00 bits per heavy atom. The fraction of sp³-hybridized carbons (Fsp3) is 0.400. The molecule has 2 aromatic rings. The van der Waals surface area contributed by atoms with Gasteiger partial charge < -0.3 is 20.1 Å². The van der Waals surface area contributed by atoms with Crippen molar-refractivity contribution in [1.29, 1.82) is 0 Å². The summed E-state index contributed by atoms with van der Waals surface area (Å²) >= 11 is 0. The predicted molar refractivity (Wildman–Crippen MR) is 120 cm³/mol. The van der Waals surface area contributed by atoms with Crippen LogP contribution in [0.2, 0.25) is 0 Å². The maximum absolute atomic E-state index is 13.7. The van der Waals surface area contributed by atoms with Gasteiger partial charge in [0.2, 0.25) is 5.91 Å². The molecular formula is C25H30N2O5. The average molecular weight is 439 g/mol. The van der Waals surface area contributed by atoms with Crippen LogP contribution < -0.4 is 5.32 Å². The number of likely N-dealkylation sites (tertiary alicyclic amines) is 1. The van der Waals surface area contributed by atoms with E-state index < -0.39 is 41.6 Å². The third kappa shape index (κ3) is 5.66. The molecular weight excluding hydrogens is 408 g/mol. The van der Waals surface area contributed by atoms with Crippen LogP contribution in [0, 0.1) is 0 Å². The van der Waals surface area contributed by atoms with Crippen LogP contribution in [0.15, 0.2) is 60.7 Å². The zero-order valence-electron chi connectivity index (χ0n) is 18.7. The minimum atomic E-state index is -1.04. The molecule has 1 saturated heterocycles. The highest BCUT2D eigenvalue weighted by Gasteiger charge is 2.42. The summed E-state index contributed by atoms with van der Waals surface area (Å²) in [4.78, 5) is 39.6. The highest BCUT2D eigenvalue weighted by molar-refractivity contribution is 5.91. The van der Waals surface area contributed by atoms with Gasteiger partial charge in [-0.15, -0.1) is 0 Å². The Bertz CT molecular complexity index is 900. The van der Waals surface area contributed by atoms with Crippen molar-refractivity contribution in [1.82, 2.24) is 10.2 Å². The van der Waals surface area contributed by atoms with E-state index in [0.29, 0.717) is 19.4 Å². The maximum atomic E-state index is 13.7. The molecule has 0 radical (unpaired) electrons. The van der Waals surface area contributed by atoms with Gasteiger partial charge in [0.05, 0.1) is 0 Å². The summed E-state index contributed by atoms with van der Waals surface area (Å²) in [5, 5.41) is 12.4. The Morgan fingerprint density at radius 2 is 1.53 bits per heavy atom. The number of hydrogen-bond donors (Lipinski definition) is 2. The van der Waals surface area contributed by atoms with Gasteiger partial charge in [-0.2, -0.15) is 0 Å². The van der Waals surface area contributed by atoms with Gasteiger partial charge in [-0.05, 0) is 44.7 Å². The number of rotatable bonds is 6. The number of nitrogens with one attached hydrogen (secondary N) is 1. The fourth-order valence-corrected chi connectivity index (χ4v) is 4.09. The summed E-state index contributed by atoms with van der Waals surface area (Å²) in [6.45, 7) is 5.57. The number of carboxylic acids is 1. The van der Waals surface area contributed by atoms with Crippen LogP contribution in [0.4, 0.5) is 4.79 Å². The van der Waals surface area contributed by atoms with Crippen molar-refractivity contribution in [2.24, 2.45) is 0 Å². The molecule has 0 saturated carbocycles. The van der Waals surface area contributed by atoms with Crippen LogP contribution in [0.25, 0.3) is 0 Å². The van der Waals surface area contributed by atoms with Crippen molar-refractivity contribution < 1.29 is 24.2 Å². The first-order valence-corrected chi connectivity index (χ1v) is 10.8. The van der Waals surface area contributed by atoms with Crippen molar-refractivity contribution in [3.8, 4) is 0 Å². The zero-order valence-corrected chi connectivity index (χ0v) is 18.7. The number of benzene rings is 2. The van der Waals surface area contributed by atoms with Crippen LogP contribution in [-0.2, 0) is 14.3 Å². The van der Waals surface area contributed by atoms with Gasteiger partial charge in [0, 0.05) is 12.5 Å². The number of amides is 2. The minimum Gasteiger partial charge on any atom is -0.480 e. The first-order chi connectivity index (χ1) is 15.2. The van der Waals surface area contributed by atoms with Crippen molar-refractivity contribution in [3.05, 3.63) is 71.8 Å². The summed E-state index contributed by atoms with van der Waals surface area (Å²) in [5.41, 5.74) is 0.919. The first-order valence-electron chi connectivity index (χ1n) is 10.8. The summed E-state index contributed by atoms with van der Waals surface area (Å²) in [6.07, 6.45) is 0.268. The third-order valence-corrected chi connectivity index (χ3v) is 5.41. The lowest BCUT2D eigenvalue weighted by Gasteiger charge is -2.33. The molecule has 7 nitrogen and oxygen atoms in total.